The van der Waals surface area contributed by atoms with E-state index in [-0.39, 0.29) is 0 Å². The van der Waals surface area contributed by atoms with Gasteiger partial charge in [0.25, 0.3) is 0 Å². The van der Waals surface area contributed by atoms with Crippen molar-refractivity contribution in [2.45, 2.75) is 26.3 Å². The Bertz CT molecular complexity index is 807. The molecular weight excluding hydrogens is 276 g/mol. The molecule has 3 rings (SSSR count). The minimum atomic E-state index is -0.907. The zero-order valence-corrected chi connectivity index (χ0v) is 12.5. The Kier molecular flexibility index (Phi) is 3.92. The van der Waals surface area contributed by atoms with Gasteiger partial charge < -0.3 is 9.67 Å². The maximum Gasteiger partial charge on any atom is 0.335 e. The fourth-order valence-corrected chi connectivity index (χ4v) is 2.71. The highest BCUT2D eigenvalue weighted by Crippen LogP contribution is 2.19. The summed E-state index contributed by atoms with van der Waals surface area (Å²) in [5, 5.41) is 9.18. The van der Waals surface area contributed by atoms with Gasteiger partial charge in [-0.2, -0.15) is 0 Å². The normalized spacial score (nSPS) is 11.0. The molecule has 0 radical (unpaired) electrons. The van der Waals surface area contributed by atoms with Gasteiger partial charge in [-0.15, -0.1) is 0 Å². The van der Waals surface area contributed by atoms with Crippen molar-refractivity contribution in [3.63, 3.8) is 0 Å². The SMILES string of the molecule is CCc1nc2ccc(C(=O)O)cc2n1CCc1ccccc1. The van der Waals surface area contributed by atoms with Crippen molar-refractivity contribution in [2.75, 3.05) is 0 Å². The predicted octanol–water partition coefficient (Wildman–Crippen LogP) is 3.54. The average Bonchev–Trinajstić information content (AvgIpc) is 2.90. The number of aromatic nitrogens is 2. The van der Waals surface area contributed by atoms with Crippen LogP contribution in [-0.2, 0) is 19.4 Å². The van der Waals surface area contributed by atoms with E-state index in [0.717, 1.165) is 36.2 Å². The molecule has 0 fully saturated rings. The minimum absolute atomic E-state index is 0.302. The number of aromatic carboxylic acids is 1. The van der Waals surface area contributed by atoms with Crippen LogP contribution in [-0.4, -0.2) is 20.6 Å². The summed E-state index contributed by atoms with van der Waals surface area (Å²) in [6.45, 7) is 2.87. The summed E-state index contributed by atoms with van der Waals surface area (Å²) in [4.78, 5) is 15.8. The number of benzene rings is 2. The molecule has 1 heterocycles. The van der Waals surface area contributed by atoms with Gasteiger partial charge in [-0.25, -0.2) is 9.78 Å². The van der Waals surface area contributed by atoms with Crippen LogP contribution < -0.4 is 0 Å². The molecule has 4 nitrogen and oxygen atoms in total. The molecule has 0 spiro atoms. The van der Waals surface area contributed by atoms with Gasteiger partial charge in [0.2, 0.25) is 0 Å². The van der Waals surface area contributed by atoms with Crippen molar-refractivity contribution < 1.29 is 9.90 Å². The van der Waals surface area contributed by atoms with Crippen LogP contribution in [0.25, 0.3) is 11.0 Å². The zero-order chi connectivity index (χ0) is 15.5. The fraction of sp³-hybridized carbons (Fsp3) is 0.222. The summed E-state index contributed by atoms with van der Waals surface area (Å²) in [6.07, 6.45) is 1.72. The third-order valence-electron chi connectivity index (χ3n) is 3.86. The summed E-state index contributed by atoms with van der Waals surface area (Å²) in [7, 11) is 0. The van der Waals surface area contributed by atoms with Crippen LogP contribution in [0.3, 0.4) is 0 Å². The van der Waals surface area contributed by atoms with E-state index in [2.05, 4.69) is 28.6 Å². The number of fused-ring (bicyclic) bond motifs is 1. The standard InChI is InChI=1S/C18H18N2O2/c1-2-17-19-15-9-8-14(18(21)22)12-16(15)20(17)11-10-13-6-4-3-5-7-13/h3-9,12H,2,10-11H2,1H3,(H,21,22). The van der Waals surface area contributed by atoms with Gasteiger partial charge in [0, 0.05) is 13.0 Å². The van der Waals surface area contributed by atoms with Crippen molar-refractivity contribution in [3.05, 3.63) is 65.5 Å². The van der Waals surface area contributed by atoms with E-state index in [0.29, 0.717) is 5.56 Å². The third-order valence-corrected chi connectivity index (χ3v) is 3.86. The molecule has 0 aliphatic heterocycles. The number of aryl methyl sites for hydroxylation is 3. The van der Waals surface area contributed by atoms with Gasteiger partial charge in [0.1, 0.15) is 5.82 Å². The van der Waals surface area contributed by atoms with E-state index >= 15 is 0 Å². The molecule has 0 unspecified atom stereocenters. The molecule has 0 aliphatic carbocycles. The zero-order valence-electron chi connectivity index (χ0n) is 12.5. The monoisotopic (exact) mass is 294 g/mol. The maximum absolute atomic E-state index is 11.2. The minimum Gasteiger partial charge on any atom is -0.478 e. The molecule has 3 aromatic rings. The second-order valence-corrected chi connectivity index (χ2v) is 5.28. The molecule has 1 aromatic heterocycles. The van der Waals surface area contributed by atoms with Gasteiger partial charge in [-0.1, -0.05) is 37.3 Å². The fourth-order valence-electron chi connectivity index (χ4n) is 2.71. The number of imidazole rings is 1. The van der Waals surface area contributed by atoms with Crippen molar-refractivity contribution in [1.29, 1.82) is 0 Å². The molecule has 112 valence electrons. The van der Waals surface area contributed by atoms with E-state index in [1.807, 2.05) is 18.2 Å². The second-order valence-electron chi connectivity index (χ2n) is 5.28. The third kappa shape index (κ3) is 2.72. The first kappa shape index (κ1) is 14.3. The summed E-state index contributed by atoms with van der Waals surface area (Å²) in [5.74, 6) is 0.0872. The predicted molar refractivity (Wildman–Crippen MR) is 86.2 cm³/mol. The smallest absolute Gasteiger partial charge is 0.335 e. The van der Waals surface area contributed by atoms with Crippen molar-refractivity contribution in [3.8, 4) is 0 Å². The van der Waals surface area contributed by atoms with Crippen LogP contribution >= 0.6 is 0 Å². The van der Waals surface area contributed by atoms with Gasteiger partial charge in [0.05, 0.1) is 16.6 Å². The highest BCUT2D eigenvalue weighted by molar-refractivity contribution is 5.92. The molecule has 0 saturated heterocycles. The quantitative estimate of drug-likeness (QED) is 0.783. The highest BCUT2D eigenvalue weighted by atomic mass is 16.4. The van der Waals surface area contributed by atoms with Gasteiger partial charge in [0.15, 0.2) is 0 Å². The summed E-state index contributed by atoms with van der Waals surface area (Å²) >= 11 is 0. The second kappa shape index (κ2) is 6.02. The number of nitrogens with zero attached hydrogens (tertiary/aromatic N) is 2. The highest BCUT2D eigenvalue weighted by Gasteiger charge is 2.12. The van der Waals surface area contributed by atoms with E-state index in [4.69, 9.17) is 0 Å². The molecule has 0 aliphatic rings. The molecule has 0 saturated carbocycles. The van der Waals surface area contributed by atoms with E-state index in [9.17, 15) is 9.90 Å². The summed E-state index contributed by atoms with van der Waals surface area (Å²) in [6, 6.07) is 15.4. The Hall–Kier alpha value is -2.62. The number of carboxylic acids is 1. The van der Waals surface area contributed by atoms with Crippen LogP contribution in [0.2, 0.25) is 0 Å². The Labute approximate surface area is 129 Å². The summed E-state index contributed by atoms with van der Waals surface area (Å²) < 4.78 is 2.13. The van der Waals surface area contributed by atoms with Gasteiger partial charge >= 0.3 is 5.97 Å². The molecule has 0 bridgehead atoms. The van der Waals surface area contributed by atoms with E-state index in [1.54, 1.807) is 18.2 Å². The lowest BCUT2D eigenvalue weighted by Crippen LogP contribution is -2.06. The lowest BCUT2D eigenvalue weighted by Gasteiger charge is -2.08. The van der Waals surface area contributed by atoms with Crippen LogP contribution in [0, 0.1) is 0 Å². The average molecular weight is 294 g/mol. The van der Waals surface area contributed by atoms with E-state index in [1.165, 1.54) is 5.56 Å². The first-order valence-electron chi connectivity index (χ1n) is 7.45. The largest absolute Gasteiger partial charge is 0.478 e. The Balaban J connectivity index is 1.98. The Morgan fingerprint density at radius 1 is 1.18 bits per heavy atom. The lowest BCUT2D eigenvalue weighted by molar-refractivity contribution is 0.0697. The van der Waals surface area contributed by atoms with Crippen molar-refractivity contribution in [1.82, 2.24) is 9.55 Å². The number of hydrogen-bond acceptors (Lipinski definition) is 2. The number of rotatable bonds is 5. The van der Waals surface area contributed by atoms with Crippen LogP contribution in [0.4, 0.5) is 0 Å². The molecule has 1 N–H and O–H groups in total. The number of hydrogen-bond donors (Lipinski definition) is 1. The summed E-state index contributed by atoms with van der Waals surface area (Å²) in [5.41, 5.74) is 3.32. The number of carbonyl (C=O) groups is 1. The molecule has 4 heteroatoms. The first-order valence-corrected chi connectivity index (χ1v) is 7.45. The van der Waals surface area contributed by atoms with Gasteiger partial charge in [-0.05, 0) is 30.2 Å². The molecular formula is C18H18N2O2. The molecule has 0 amide bonds. The van der Waals surface area contributed by atoms with Crippen molar-refractivity contribution in [2.24, 2.45) is 0 Å². The molecule has 0 atom stereocenters. The van der Waals surface area contributed by atoms with Crippen LogP contribution in [0.1, 0.15) is 28.7 Å². The van der Waals surface area contributed by atoms with Crippen molar-refractivity contribution >= 4 is 17.0 Å². The Morgan fingerprint density at radius 2 is 1.95 bits per heavy atom. The van der Waals surface area contributed by atoms with Crippen LogP contribution in [0.15, 0.2) is 48.5 Å². The molecule has 2 aromatic carbocycles. The van der Waals surface area contributed by atoms with Gasteiger partial charge in [-0.3, -0.25) is 0 Å². The first-order chi connectivity index (χ1) is 10.7. The Morgan fingerprint density at radius 3 is 2.64 bits per heavy atom. The van der Waals surface area contributed by atoms with E-state index < -0.39 is 5.97 Å². The molecule has 22 heavy (non-hydrogen) atoms. The topological polar surface area (TPSA) is 55.1 Å². The maximum atomic E-state index is 11.2. The lowest BCUT2D eigenvalue weighted by atomic mass is 10.1. The number of carboxylic acid groups (broad SMARTS) is 1. The van der Waals surface area contributed by atoms with Crippen LogP contribution in [0.5, 0.6) is 0 Å².